The van der Waals surface area contributed by atoms with Gasteiger partial charge in [-0.15, -0.1) is 0 Å². The first-order valence-corrected chi connectivity index (χ1v) is 8.82. The Balaban J connectivity index is 1.39. The van der Waals surface area contributed by atoms with E-state index >= 15 is 0 Å². The van der Waals surface area contributed by atoms with Crippen LogP contribution in [0.4, 0.5) is 0 Å². The van der Waals surface area contributed by atoms with E-state index in [-0.39, 0.29) is 23.8 Å². The van der Waals surface area contributed by atoms with E-state index in [0.29, 0.717) is 12.1 Å². The Kier molecular flexibility index (Phi) is 4.03. The zero-order valence-electron chi connectivity index (χ0n) is 14.1. The lowest BCUT2D eigenvalue weighted by Gasteiger charge is -2.40. The molecule has 1 aliphatic carbocycles. The van der Waals surface area contributed by atoms with Crippen molar-refractivity contribution in [3.05, 3.63) is 53.3 Å². The third-order valence-electron chi connectivity index (χ3n) is 5.49. The van der Waals surface area contributed by atoms with E-state index < -0.39 is 0 Å². The summed E-state index contributed by atoms with van der Waals surface area (Å²) in [6, 6.07) is 8.98. The molecule has 0 radical (unpaired) electrons. The van der Waals surface area contributed by atoms with E-state index in [2.05, 4.69) is 15.5 Å². The normalized spacial score (nSPS) is 22.0. The zero-order valence-corrected chi connectivity index (χ0v) is 14.1. The Bertz CT molecular complexity index is 786. The van der Waals surface area contributed by atoms with Crippen LogP contribution in [0.3, 0.4) is 0 Å². The Morgan fingerprint density at radius 3 is 2.92 bits per heavy atom. The van der Waals surface area contributed by atoms with E-state index in [1.807, 2.05) is 29.3 Å². The molecule has 130 valence electrons. The van der Waals surface area contributed by atoms with E-state index in [1.165, 1.54) is 11.3 Å². The summed E-state index contributed by atoms with van der Waals surface area (Å²) < 4.78 is 0. The SMILES string of the molecule is O=C(NCC(=O)N1CCCC2(CCc3cn[nH]c32)C1)c1ccccc1. The van der Waals surface area contributed by atoms with Crippen molar-refractivity contribution in [1.29, 1.82) is 0 Å². The average molecular weight is 338 g/mol. The average Bonchev–Trinajstić information content (AvgIpc) is 3.25. The predicted molar refractivity (Wildman–Crippen MR) is 93.2 cm³/mol. The van der Waals surface area contributed by atoms with Crippen LogP contribution in [0, 0.1) is 0 Å². The molecule has 2 heterocycles. The minimum Gasteiger partial charge on any atom is -0.343 e. The van der Waals surface area contributed by atoms with Gasteiger partial charge in [0.1, 0.15) is 0 Å². The Hall–Kier alpha value is -2.63. The second-order valence-electron chi connectivity index (χ2n) is 7.02. The maximum absolute atomic E-state index is 12.6. The van der Waals surface area contributed by atoms with E-state index in [0.717, 1.165) is 32.2 Å². The number of hydrogen-bond acceptors (Lipinski definition) is 3. The van der Waals surface area contributed by atoms with Crippen molar-refractivity contribution in [3.8, 4) is 0 Å². The van der Waals surface area contributed by atoms with Gasteiger partial charge in [0.25, 0.3) is 5.91 Å². The first-order valence-electron chi connectivity index (χ1n) is 8.82. The summed E-state index contributed by atoms with van der Waals surface area (Å²) in [5, 5.41) is 10.1. The van der Waals surface area contributed by atoms with Crippen LogP contribution in [-0.4, -0.2) is 46.5 Å². The van der Waals surface area contributed by atoms with Gasteiger partial charge >= 0.3 is 0 Å². The highest BCUT2D eigenvalue weighted by Gasteiger charge is 2.44. The lowest BCUT2D eigenvalue weighted by Crippen LogP contribution is -2.50. The summed E-state index contributed by atoms with van der Waals surface area (Å²) in [4.78, 5) is 26.6. The van der Waals surface area contributed by atoms with E-state index in [1.54, 1.807) is 12.1 Å². The molecule has 25 heavy (non-hydrogen) atoms. The number of rotatable bonds is 3. The van der Waals surface area contributed by atoms with Crippen molar-refractivity contribution < 1.29 is 9.59 Å². The molecule has 1 atom stereocenters. The van der Waals surface area contributed by atoms with Crippen LogP contribution in [0.2, 0.25) is 0 Å². The zero-order chi connectivity index (χ0) is 17.3. The fourth-order valence-corrected chi connectivity index (χ4v) is 4.17. The van der Waals surface area contributed by atoms with Crippen LogP contribution in [0.15, 0.2) is 36.5 Å². The van der Waals surface area contributed by atoms with Crippen molar-refractivity contribution in [2.45, 2.75) is 31.1 Å². The van der Waals surface area contributed by atoms with Gasteiger partial charge < -0.3 is 10.2 Å². The van der Waals surface area contributed by atoms with Gasteiger partial charge in [-0.05, 0) is 43.4 Å². The van der Waals surface area contributed by atoms with Crippen molar-refractivity contribution in [2.75, 3.05) is 19.6 Å². The van der Waals surface area contributed by atoms with E-state index in [9.17, 15) is 9.59 Å². The number of H-pyrrole nitrogens is 1. The van der Waals surface area contributed by atoms with Crippen LogP contribution in [0.25, 0.3) is 0 Å². The fourth-order valence-electron chi connectivity index (χ4n) is 4.17. The topological polar surface area (TPSA) is 78.1 Å². The molecule has 6 nitrogen and oxygen atoms in total. The van der Waals surface area contributed by atoms with Crippen molar-refractivity contribution in [3.63, 3.8) is 0 Å². The molecule has 1 aromatic heterocycles. The van der Waals surface area contributed by atoms with Crippen LogP contribution >= 0.6 is 0 Å². The molecule has 1 unspecified atom stereocenters. The second-order valence-corrected chi connectivity index (χ2v) is 7.02. The van der Waals surface area contributed by atoms with Gasteiger partial charge in [0, 0.05) is 29.8 Å². The number of nitrogens with zero attached hydrogens (tertiary/aromatic N) is 2. The van der Waals surface area contributed by atoms with Crippen molar-refractivity contribution in [1.82, 2.24) is 20.4 Å². The van der Waals surface area contributed by atoms with Gasteiger partial charge in [-0.25, -0.2) is 0 Å². The highest BCUT2D eigenvalue weighted by atomic mass is 16.2. The summed E-state index contributed by atoms with van der Waals surface area (Å²) in [7, 11) is 0. The Morgan fingerprint density at radius 1 is 1.24 bits per heavy atom. The largest absolute Gasteiger partial charge is 0.343 e. The van der Waals surface area contributed by atoms with Crippen molar-refractivity contribution in [2.24, 2.45) is 0 Å². The quantitative estimate of drug-likeness (QED) is 0.893. The molecule has 1 aliphatic heterocycles. The molecule has 2 aliphatic rings. The third kappa shape index (κ3) is 2.92. The predicted octanol–water partition coefficient (Wildman–Crippen LogP) is 1.65. The van der Waals surface area contributed by atoms with Gasteiger partial charge in [0.2, 0.25) is 5.91 Å². The van der Waals surface area contributed by atoms with Gasteiger partial charge in [0.15, 0.2) is 0 Å². The molecule has 1 spiro atoms. The Morgan fingerprint density at radius 2 is 2.08 bits per heavy atom. The molecule has 6 heteroatoms. The van der Waals surface area contributed by atoms with Crippen LogP contribution in [0.1, 0.15) is 40.9 Å². The number of aryl methyl sites for hydroxylation is 1. The summed E-state index contributed by atoms with van der Waals surface area (Å²) in [6.45, 7) is 1.51. The van der Waals surface area contributed by atoms with Gasteiger partial charge in [-0.2, -0.15) is 5.10 Å². The van der Waals surface area contributed by atoms with E-state index in [4.69, 9.17) is 0 Å². The number of aromatic nitrogens is 2. The standard InChI is InChI=1S/C19H22N4O2/c24-16(12-20-18(25)14-5-2-1-3-6-14)23-10-4-8-19(13-23)9-7-15-11-21-22-17(15)19/h1-3,5-6,11H,4,7-10,12-13H2,(H,20,25)(H,21,22). The highest BCUT2D eigenvalue weighted by molar-refractivity contribution is 5.96. The molecule has 2 amide bonds. The summed E-state index contributed by atoms with van der Waals surface area (Å²) in [6.07, 6.45) is 6.07. The molecule has 1 fully saturated rings. The van der Waals surface area contributed by atoms with Gasteiger partial charge in [0.05, 0.1) is 12.7 Å². The second kappa shape index (κ2) is 6.35. The van der Waals surface area contributed by atoms with Crippen LogP contribution < -0.4 is 5.32 Å². The van der Waals surface area contributed by atoms with Gasteiger partial charge in [-0.3, -0.25) is 14.7 Å². The lowest BCUT2D eigenvalue weighted by molar-refractivity contribution is -0.132. The Labute approximate surface area is 146 Å². The summed E-state index contributed by atoms with van der Waals surface area (Å²) in [5.41, 5.74) is 3.08. The highest BCUT2D eigenvalue weighted by Crippen LogP contribution is 2.43. The number of benzene rings is 1. The summed E-state index contributed by atoms with van der Waals surface area (Å²) >= 11 is 0. The fraction of sp³-hybridized carbons (Fsp3) is 0.421. The van der Waals surface area contributed by atoms with Crippen molar-refractivity contribution >= 4 is 11.8 Å². The molecule has 2 aromatic rings. The molecule has 1 aromatic carbocycles. The number of nitrogens with one attached hydrogen (secondary N) is 2. The minimum absolute atomic E-state index is 0.0170. The first kappa shape index (κ1) is 15.9. The lowest BCUT2D eigenvalue weighted by atomic mass is 9.77. The molecule has 2 N–H and O–H groups in total. The molecular weight excluding hydrogens is 316 g/mol. The maximum Gasteiger partial charge on any atom is 0.251 e. The number of amides is 2. The monoisotopic (exact) mass is 338 g/mol. The number of likely N-dealkylation sites (tertiary alicyclic amines) is 1. The molecular formula is C19H22N4O2. The van der Waals surface area contributed by atoms with Crippen LogP contribution in [0.5, 0.6) is 0 Å². The number of aromatic amines is 1. The maximum atomic E-state index is 12.6. The molecule has 0 saturated carbocycles. The smallest absolute Gasteiger partial charge is 0.251 e. The third-order valence-corrected chi connectivity index (χ3v) is 5.49. The number of carbonyl (C=O) groups excluding carboxylic acids is 2. The number of piperidine rings is 1. The van der Waals surface area contributed by atoms with Gasteiger partial charge in [-0.1, -0.05) is 18.2 Å². The molecule has 4 rings (SSSR count). The number of hydrogen-bond donors (Lipinski definition) is 2. The summed E-state index contributed by atoms with van der Waals surface area (Å²) in [5.74, 6) is -0.228. The molecule has 1 saturated heterocycles. The first-order chi connectivity index (χ1) is 12.2. The number of carbonyl (C=O) groups is 2. The minimum atomic E-state index is -0.211. The molecule has 0 bridgehead atoms. The van der Waals surface area contributed by atoms with Crippen LogP contribution in [-0.2, 0) is 16.6 Å². The number of fused-ring (bicyclic) bond motifs is 2.